The molecule has 5 heteroatoms. The maximum Gasteiger partial charge on any atom is 0.185 e. The standard InChI is InChI=1S/C15H29N3S2/c1-7-11(3)14-13(9-16-8-2)20-15(17-14)18(5)12(4)10-19-6/h11-12,16H,7-10H2,1-6H3. The Morgan fingerprint density at radius 2 is 2.05 bits per heavy atom. The molecule has 0 aliphatic heterocycles. The number of nitrogens with zero attached hydrogens (tertiary/aromatic N) is 2. The van der Waals surface area contributed by atoms with E-state index < -0.39 is 0 Å². The molecule has 0 bridgehead atoms. The van der Waals surface area contributed by atoms with Crippen LogP contribution in [0.5, 0.6) is 0 Å². The van der Waals surface area contributed by atoms with Crippen LogP contribution in [0.2, 0.25) is 0 Å². The van der Waals surface area contributed by atoms with Gasteiger partial charge in [-0.15, -0.1) is 11.3 Å². The van der Waals surface area contributed by atoms with Crippen molar-refractivity contribution in [3.63, 3.8) is 0 Å². The zero-order valence-electron chi connectivity index (χ0n) is 13.7. The van der Waals surface area contributed by atoms with E-state index in [-0.39, 0.29) is 0 Å². The van der Waals surface area contributed by atoms with E-state index in [1.165, 1.54) is 10.6 Å². The Balaban J connectivity index is 2.94. The van der Waals surface area contributed by atoms with E-state index in [1.807, 2.05) is 23.1 Å². The molecule has 0 spiro atoms. The second kappa shape index (κ2) is 8.90. The van der Waals surface area contributed by atoms with E-state index in [4.69, 9.17) is 4.98 Å². The van der Waals surface area contributed by atoms with Crippen LogP contribution in [-0.2, 0) is 6.54 Å². The molecule has 0 amide bonds. The summed E-state index contributed by atoms with van der Waals surface area (Å²) < 4.78 is 0. The highest BCUT2D eigenvalue weighted by Crippen LogP contribution is 2.32. The van der Waals surface area contributed by atoms with Crippen LogP contribution in [0.3, 0.4) is 0 Å². The average Bonchev–Trinajstić information content (AvgIpc) is 2.87. The van der Waals surface area contributed by atoms with Crippen LogP contribution >= 0.6 is 23.1 Å². The Hall–Kier alpha value is -0.260. The predicted octanol–water partition coefficient (Wildman–Crippen LogP) is 3.95. The molecule has 0 aromatic carbocycles. The molecule has 0 aliphatic carbocycles. The molecule has 0 aliphatic rings. The van der Waals surface area contributed by atoms with Gasteiger partial charge in [0.05, 0.1) is 5.69 Å². The number of thioether (sulfide) groups is 1. The Labute approximate surface area is 132 Å². The smallest absolute Gasteiger partial charge is 0.185 e. The van der Waals surface area contributed by atoms with Crippen molar-refractivity contribution in [1.82, 2.24) is 10.3 Å². The van der Waals surface area contributed by atoms with Gasteiger partial charge in [0.25, 0.3) is 0 Å². The van der Waals surface area contributed by atoms with Gasteiger partial charge in [0.2, 0.25) is 0 Å². The van der Waals surface area contributed by atoms with Gasteiger partial charge in [-0.05, 0) is 32.1 Å². The van der Waals surface area contributed by atoms with E-state index in [0.29, 0.717) is 12.0 Å². The lowest BCUT2D eigenvalue weighted by Gasteiger charge is -2.23. The molecule has 1 aromatic heterocycles. The minimum Gasteiger partial charge on any atom is -0.348 e. The van der Waals surface area contributed by atoms with Gasteiger partial charge >= 0.3 is 0 Å². The van der Waals surface area contributed by atoms with Crippen LogP contribution in [0.4, 0.5) is 5.13 Å². The minimum absolute atomic E-state index is 0.521. The van der Waals surface area contributed by atoms with Crippen molar-refractivity contribution in [3.8, 4) is 0 Å². The first-order chi connectivity index (χ1) is 9.54. The van der Waals surface area contributed by atoms with E-state index in [2.05, 4.69) is 51.2 Å². The number of hydrogen-bond acceptors (Lipinski definition) is 5. The normalized spacial score (nSPS) is 14.3. The van der Waals surface area contributed by atoms with Crippen molar-refractivity contribution >= 4 is 28.2 Å². The number of thiazole rings is 1. The maximum absolute atomic E-state index is 4.93. The maximum atomic E-state index is 4.93. The molecule has 116 valence electrons. The summed E-state index contributed by atoms with van der Waals surface area (Å²) in [6.45, 7) is 10.9. The third-order valence-electron chi connectivity index (χ3n) is 3.70. The van der Waals surface area contributed by atoms with Gasteiger partial charge in [0, 0.05) is 30.3 Å². The first-order valence-corrected chi connectivity index (χ1v) is 9.68. The second-order valence-electron chi connectivity index (χ2n) is 5.31. The van der Waals surface area contributed by atoms with Crippen molar-refractivity contribution in [2.24, 2.45) is 0 Å². The molecule has 20 heavy (non-hydrogen) atoms. The summed E-state index contributed by atoms with van der Waals surface area (Å²) >= 11 is 3.74. The van der Waals surface area contributed by atoms with Crippen molar-refractivity contribution in [2.75, 3.05) is 30.5 Å². The van der Waals surface area contributed by atoms with Crippen molar-refractivity contribution in [1.29, 1.82) is 0 Å². The topological polar surface area (TPSA) is 28.2 Å². The Bertz CT molecular complexity index is 392. The first kappa shape index (κ1) is 17.8. The highest BCUT2D eigenvalue weighted by Gasteiger charge is 2.19. The van der Waals surface area contributed by atoms with Crippen molar-refractivity contribution < 1.29 is 0 Å². The number of anilines is 1. The zero-order valence-corrected chi connectivity index (χ0v) is 15.3. The fraction of sp³-hybridized carbons (Fsp3) is 0.800. The molecule has 0 radical (unpaired) electrons. The van der Waals surface area contributed by atoms with Gasteiger partial charge in [-0.2, -0.15) is 11.8 Å². The third kappa shape index (κ3) is 4.64. The molecule has 2 unspecified atom stereocenters. The molecule has 1 N–H and O–H groups in total. The lowest BCUT2D eigenvalue weighted by atomic mass is 10.0. The zero-order chi connectivity index (χ0) is 15.1. The molecule has 1 rings (SSSR count). The molecule has 2 atom stereocenters. The quantitative estimate of drug-likeness (QED) is 0.747. The van der Waals surface area contributed by atoms with Crippen molar-refractivity contribution in [3.05, 3.63) is 10.6 Å². The highest BCUT2D eigenvalue weighted by atomic mass is 32.2. The molecule has 0 saturated carbocycles. The molecule has 3 nitrogen and oxygen atoms in total. The van der Waals surface area contributed by atoms with Crippen LogP contribution in [-0.4, -0.2) is 36.6 Å². The summed E-state index contributed by atoms with van der Waals surface area (Å²) in [5.74, 6) is 1.68. The Morgan fingerprint density at radius 3 is 2.60 bits per heavy atom. The number of hydrogen-bond donors (Lipinski definition) is 1. The summed E-state index contributed by atoms with van der Waals surface area (Å²) in [7, 11) is 2.16. The van der Waals surface area contributed by atoms with Gasteiger partial charge in [0.1, 0.15) is 0 Å². The summed E-state index contributed by atoms with van der Waals surface area (Å²) in [5, 5.41) is 4.60. The molecular weight excluding hydrogens is 286 g/mol. The van der Waals surface area contributed by atoms with Crippen LogP contribution < -0.4 is 10.2 Å². The van der Waals surface area contributed by atoms with E-state index in [1.54, 1.807) is 0 Å². The van der Waals surface area contributed by atoms with Crippen LogP contribution in [0, 0.1) is 0 Å². The lowest BCUT2D eigenvalue weighted by molar-refractivity contribution is 0.675. The van der Waals surface area contributed by atoms with Gasteiger partial charge in [-0.3, -0.25) is 0 Å². The first-order valence-electron chi connectivity index (χ1n) is 7.47. The molecule has 0 saturated heterocycles. The fourth-order valence-corrected chi connectivity index (χ4v) is 3.91. The predicted molar refractivity (Wildman–Crippen MR) is 94.4 cm³/mol. The second-order valence-corrected chi connectivity index (χ2v) is 7.28. The number of aromatic nitrogens is 1. The van der Waals surface area contributed by atoms with E-state index >= 15 is 0 Å². The van der Waals surface area contributed by atoms with Gasteiger partial charge in [-0.25, -0.2) is 4.98 Å². The van der Waals surface area contributed by atoms with Crippen LogP contribution in [0.15, 0.2) is 0 Å². The Morgan fingerprint density at radius 1 is 1.35 bits per heavy atom. The monoisotopic (exact) mass is 315 g/mol. The summed E-state index contributed by atoms with van der Waals surface area (Å²) in [6.07, 6.45) is 3.31. The van der Waals surface area contributed by atoms with Crippen LogP contribution in [0.25, 0.3) is 0 Å². The van der Waals surface area contributed by atoms with Gasteiger partial charge in [0.15, 0.2) is 5.13 Å². The molecule has 0 fully saturated rings. The summed E-state index contributed by atoms with van der Waals surface area (Å²) in [5.41, 5.74) is 1.29. The highest BCUT2D eigenvalue weighted by molar-refractivity contribution is 7.98. The average molecular weight is 316 g/mol. The van der Waals surface area contributed by atoms with Crippen molar-refractivity contribution in [2.45, 2.75) is 52.6 Å². The SMILES string of the molecule is CCNCc1sc(N(C)C(C)CSC)nc1C(C)CC. The van der Waals surface area contributed by atoms with Gasteiger partial charge in [-0.1, -0.05) is 20.8 Å². The minimum atomic E-state index is 0.521. The lowest BCUT2D eigenvalue weighted by Crippen LogP contribution is -2.30. The molecule has 1 aromatic rings. The molecular formula is C15H29N3S2. The van der Waals surface area contributed by atoms with E-state index in [0.717, 1.165) is 30.4 Å². The molecule has 1 heterocycles. The van der Waals surface area contributed by atoms with Crippen LogP contribution in [0.1, 0.15) is 50.6 Å². The Kier molecular flexibility index (Phi) is 7.92. The summed E-state index contributed by atoms with van der Waals surface area (Å²) in [6, 6.07) is 0.521. The third-order valence-corrected chi connectivity index (χ3v) is 5.68. The number of nitrogens with one attached hydrogen (secondary N) is 1. The van der Waals surface area contributed by atoms with E-state index in [9.17, 15) is 0 Å². The fourth-order valence-electron chi connectivity index (χ4n) is 1.99. The largest absolute Gasteiger partial charge is 0.348 e. The van der Waals surface area contributed by atoms with Gasteiger partial charge < -0.3 is 10.2 Å². The number of rotatable bonds is 9. The summed E-state index contributed by atoms with van der Waals surface area (Å²) in [4.78, 5) is 8.66.